The van der Waals surface area contributed by atoms with E-state index in [1.165, 1.54) is 0 Å². The second-order valence-corrected chi connectivity index (χ2v) is 9.24. The molecular weight excluding hydrogens is 500 g/mol. The minimum absolute atomic E-state index is 0.00561. The number of hydrogen-bond donors (Lipinski definition) is 1. The first-order valence-electron chi connectivity index (χ1n) is 11.9. The minimum atomic E-state index is -0.481. The first-order chi connectivity index (χ1) is 18.4. The fourth-order valence-corrected chi connectivity index (χ4v) is 4.42. The summed E-state index contributed by atoms with van der Waals surface area (Å²) in [4.78, 5) is 12.6. The summed E-state index contributed by atoms with van der Waals surface area (Å²) in [6, 6.07) is 29.3. The molecule has 1 atom stereocenters. The van der Waals surface area contributed by atoms with Crippen LogP contribution >= 0.6 is 11.6 Å². The lowest BCUT2D eigenvalue weighted by Gasteiger charge is -2.26. The zero-order valence-electron chi connectivity index (χ0n) is 20.5. The molecule has 7 heteroatoms. The second kappa shape index (κ2) is 10.7. The van der Waals surface area contributed by atoms with E-state index in [4.69, 9.17) is 31.5 Å². The standard InChI is InChI=1S/C31H23ClN2O4/c1-19-6-8-21(9-7-19)31(35)37-24-14-15-25-28(16-24)38-30(34)26(17-33)29(25)20-10-12-23(13-11-20)36-18-22-4-2-3-5-27(22)32/h2-16,29H,18,34H2,1H3. The molecule has 1 heterocycles. The van der Waals surface area contributed by atoms with Gasteiger partial charge in [0.1, 0.15) is 35.5 Å². The summed E-state index contributed by atoms with van der Waals surface area (Å²) in [5.41, 5.74) is 10.4. The van der Waals surface area contributed by atoms with Crippen LogP contribution in [-0.2, 0) is 6.61 Å². The molecular formula is C31H23ClN2O4. The van der Waals surface area contributed by atoms with Crippen LogP contribution in [0.3, 0.4) is 0 Å². The maximum atomic E-state index is 12.6. The number of nitriles is 1. The van der Waals surface area contributed by atoms with E-state index in [0.29, 0.717) is 40.0 Å². The number of halogens is 1. The molecule has 0 radical (unpaired) electrons. The molecule has 2 N–H and O–H groups in total. The average Bonchev–Trinajstić information content (AvgIpc) is 2.92. The molecule has 0 bridgehead atoms. The summed E-state index contributed by atoms with van der Waals surface area (Å²) in [6.07, 6.45) is 0. The van der Waals surface area contributed by atoms with Gasteiger partial charge >= 0.3 is 5.97 Å². The molecule has 0 spiro atoms. The molecule has 38 heavy (non-hydrogen) atoms. The van der Waals surface area contributed by atoms with Gasteiger partial charge < -0.3 is 19.9 Å². The topological polar surface area (TPSA) is 94.6 Å². The Labute approximate surface area is 225 Å². The van der Waals surface area contributed by atoms with Gasteiger partial charge in [-0.15, -0.1) is 0 Å². The number of rotatable bonds is 6. The van der Waals surface area contributed by atoms with Gasteiger partial charge in [0.25, 0.3) is 0 Å². The number of nitrogens with two attached hydrogens (primary N) is 1. The number of aryl methyl sites for hydroxylation is 1. The highest BCUT2D eigenvalue weighted by Gasteiger charge is 2.31. The van der Waals surface area contributed by atoms with Gasteiger partial charge in [0.15, 0.2) is 0 Å². The molecule has 0 aromatic heterocycles. The third-order valence-electron chi connectivity index (χ3n) is 6.25. The Bertz CT molecular complexity index is 1570. The van der Waals surface area contributed by atoms with Crippen molar-refractivity contribution in [1.29, 1.82) is 5.26 Å². The number of hydrogen-bond acceptors (Lipinski definition) is 6. The molecule has 0 fully saturated rings. The lowest BCUT2D eigenvalue weighted by Crippen LogP contribution is -2.21. The van der Waals surface area contributed by atoms with Crippen molar-refractivity contribution in [2.45, 2.75) is 19.4 Å². The van der Waals surface area contributed by atoms with E-state index in [9.17, 15) is 10.1 Å². The zero-order valence-corrected chi connectivity index (χ0v) is 21.2. The molecule has 0 saturated heterocycles. The smallest absolute Gasteiger partial charge is 0.343 e. The van der Waals surface area contributed by atoms with Gasteiger partial charge in [-0.05, 0) is 48.9 Å². The van der Waals surface area contributed by atoms with Gasteiger partial charge in [-0.2, -0.15) is 5.26 Å². The molecule has 1 aliphatic heterocycles. The summed E-state index contributed by atoms with van der Waals surface area (Å²) >= 11 is 6.22. The van der Waals surface area contributed by atoms with E-state index < -0.39 is 11.9 Å². The minimum Gasteiger partial charge on any atom is -0.489 e. The number of benzene rings is 4. The first kappa shape index (κ1) is 24.9. The molecule has 4 aromatic carbocycles. The molecule has 1 aliphatic rings. The number of esters is 1. The van der Waals surface area contributed by atoms with Crippen LogP contribution in [0.4, 0.5) is 0 Å². The van der Waals surface area contributed by atoms with Crippen molar-refractivity contribution in [3.05, 3.63) is 135 Å². The molecule has 6 nitrogen and oxygen atoms in total. The van der Waals surface area contributed by atoms with E-state index in [1.807, 2.05) is 67.6 Å². The lowest BCUT2D eigenvalue weighted by atomic mass is 9.83. The highest BCUT2D eigenvalue weighted by atomic mass is 35.5. The van der Waals surface area contributed by atoms with Gasteiger partial charge in [0.05, 0.1) is 11.5 Å². The van der Waals surface area contributed by atoms with Crippen molar-refractivity contribution in [2.24, 2.45) is 5.73 Å². The van der Waals surface area contributed by atoms with Gasteiger partial charge in [-0.25, -0.2) is 4.79 Å². The van der Waals surface area contributed by atoms with Gasteiger partial charge in [-0.1, -0.05) is 65.7 Å². The largest absolute Gasteiger partial charge is 0.489 e. The van der Waals surface area contributed by atoms with E-state index in [0.717, 1.165) is 22.3 Å². The van der Waals surface area contributed by atoms with Crippen LogP contribution in [0.2, 0.25) is 5.02 Å². The van der Waals surface area contributed by atoms with Gasteiger partial charge in [0, 0.05) is 22.2 Å². The summed E-state index contributed by atoms with van der Waals surface area (Å²) in [5, 5.41) is 10.5. The highest BCUT2D eigenvalue weighted by molar-refractivity contribution is 6.31. The average molecular weight is 523 g/mol. The molecule has 0 aliphatic carbocycles. The summed E-state index contributed by atoms with van der Waals surface area (Å²) in [6.45, 7) is 2.28. The normalized spacial score (nSPS) is 14.2. The predicted octanol–water partition coefficient (Wildman–Crippen LogP) is 6.66. The van der Waals surface area contributed by atoms with Crippen molar-refractivity contribution < 1.29 is 19.0 Å². The highest BCUT2D eigenvalue weighted by Crippen LogP contribution is 2.43. The lowest BCUT2D eigenvalue weighted by molar-refractivity contribution is 0.0734. The second-order valence-electron chi connectivity index (χ2n) is 8.83. The van der Waals surface area contributed by atoms with E-state index in [1.54, 1.807) is 30.3 Å². The number of nitrogens with zero attached hydrogens (tertiary/aromatic N) is 1. The molecule has 0 saturated carbocycles. The number of ether oxygens (including phenoxy) is 3. The molecule has 188 valence electrons. The van der Waals surface area contributed by atoms with Crippen molar-refractivity contribution in [3.8, 4) is 23.3 Å². The number of carbonyl (C=O) groups excluding carboxylic acids is 1. The Kier molecular flexibility index (Phi) is 7.03. The third-order valence-corrected chi connectivity index (χ3v) is 6.62. The fourth-order valence-electron chi connectivity index (χ4n) is 4.23. The van der Waals surface area contributed by atoms with Crippen LogP contribution in [0.1, 0.15) is 38.5 Å². The number of carbonyl (C=O) groups is 1. The Morgan fingerprint density at radius 3 is 2.42 bits per heavy atom. The summed E-state index contributed by atoms with van der Waals surface area (Å²) in [7, 11) is 0. The monoisotopic (exact) mass is 522 g/mol. The maximum Gasteiger partial charge on any atom is 0.343 e. The number of fused-ring (bicyclic) bond motifs is 1. The van der Waals surface area contributed by atoms with E-state index >= 15 is 0 Å². The number of allylic oxidation sites excluding steroid dienone is 1. The van der Waals surface area contributed by atoms with Crippen molar-refractivity contribution in [1.82, 2.24) is 0 Å². The van der Waals surface area contributed by atoms with Crippen LogP contribution in [0.5, 0.6) is 17.2 Å². The molecule has 5 rings (SSSR count). The zero-order chi connectivity index (χ0) is 26.6. The van der Waals surface area contributed by atoms with Crippen molar-refractivity contribution in [2.75, 3.05) is 0 Å². The van der Waals surface area contributed by atoms with Gasteiger partial charge in [0.2, 0.25) is 5.88 Å². The van der Waals surface area contributed by atoms with Crippen LogP contribution in [0.25, 0.3) is 0 Å². The Balaban J connectivity index is 1.38. The Morgan fingerprint density at radius 1 is 1.00 bits per heavy atom. The van der Waals surface area contributed by atoms with Crippen molar-refractivity contribution >= 4 is 17.6 Å². The molecule has 4 aromatic rings. The third kappa shape index (κ3) is 5.19. The van der Waals surface area contributed by atoms with Crippen LogP contribution in [0.15, 0.2) is 102 Å². The van der Waals surface area contributed by atoms with Crippen LogP contribution in [-0.4, -0.2) is 5.97 Å². The van der Waals surface area contributed by atoms with E-state index in [-0.39, 0.29) is 5.88 Å². The van der Waals surface area contributed by atoms with Crippen LogP contribution < -0.4 is 19.9 Å². The van der Waals surface area contributed by atoms with Crippen molar-refractivity contribution in [3.63, 3.8) is 0 Å². The summed E-state index contributed by atoms with van der Waals surface area (Å²) < 4.78 is 17.2. The van der Waals surface area contributed by atoms with Crippen LogP contribution in [0, 0.1) is 18.3 Å². The SMILES string of the molecule is Cc1ccc(C(=O)Oc2ccc3c(c2)OC(N)=C(C#N)C3c2ccc(OCc3ccccc3Cl)cc2)cc1. The Morgan fingerprint density at radius 2 is 1.71 bits per heavy atom. The maximum absolute atomic E-state index is 12.6. The predicted molar refractivity (Wildman–Crippen MR) is 144 cm³/mol. The van der Waals surface area contributed by atoms with Gasteiger partial charge in [-0.3, -0.25) is 0 Å². The quantitative estimate of drug-likeness (QED) is 0.224. The summed E-state index contributed by atoms with van der Waals surface area (Å²) in [5.74, 6) is 0.458. The van der Waals surface area contributed by atoms with E-state index in [2.05, 4.69) is 6.07 Å². The fraction of sp³-hybridized carbons (Fsp3) is 0.0968. The first-order valence-corrected chi connectivity index (χ1v) is 12.3. The molecule has 0 amide bonds. The molecule has 1 unspecified atom stereocenters. The Hall–Kier alpha value is -4.73.